The molecule has 1 saturated carbocycles. The van der Waals surface area contributed by atoms with Crippen LogP contribution in [0.3, 0.4) is 0 Å². The van der Waals surface area contributed by atoms with E-state index in [1.165, 1.54) is 5.57 Å². The number of aliphatic hydroxyl groups is 1. The van der Waals surface area contributed by atoms with Gasteiger partial charge in [-0.25, -0.2) is 0 Å². The second-order valence-corrected chi connectivity index (χ2v) is 13.4. The van der Waals surface area contributed by atoms with Crippen LogP contribution in [0.1, 0.15) is 57.9 Å². The standard InChI is InChI=1S/C36H48ClN3O3/c1-36(2,42)29-13-16-34-33(23-29)32(27(9-5-19-38)18-22-43-34)10-6-20-39-21-17-31(25-39)40(35(41)28-7-3-4-8-28)24-26-11-14-30(37)15-12-26/h5,9-16,18,23,28,31,33-34,42H,3-4,6-8,17,19-22,24-25,38H2,1-2H3/b9-5-,32-10+/t31-,33?,34?/m0/s1. The predicted octanol–water partition coefficient (Wildman–Crippen LogP) is 5.97. The molecule has 2 heterocycles. The van der Waals surface area contributed by atoms with Crippen LogP contribution in [0, 0.1) is 11.8 Å². The van der Waals surface area contributed by atoms with Gasteiger partial charge in [0.05, 0.1) is 18.3 Å². The summed E-state index contributed by atoms with van der Waals surface area (Å²) < 4.78 is 6.20. The fourth-order valence-electron chi connectivity index (χ4n) is 6.92. The number of benzene rings is 1. The average molecular weight is 606 g/mol. The van der Waals surface area contributed by atoms with Crippen LogP contribution in [0.15, 0.2) is 83.5 Å². The minimum atomic E-state index is -0.922. The van der Waals surface area contributed by atoms with E-state index in [1.54, 1.807) is 0 Å². The number of ether oxygens (including phenoxy) is 1. The lowest BCUT2D eigenvalue weighted by Gasteiger charge is -2.32. The van der Waals surface area contributed by atoms with E-state index in [0.29, 0.717) is 25.6 Å². The molecule has 2 aliphatic carbocycles. The Morgan fingerprint density at radius 3 is 2.70 bits per heavy atom. The summed E-state index contributed by atoms with van der Waals surface area (Å²) in [7, 11) is 0. The van der Waals surface area contributed by atoms with Crippen LogP contribution in [0.2, 0.25) is 5.02 Å². The number of allylic oxidation sites excluding steroid dienone is 2. The molecule has 1 amide bonds. The number of nitrogens with zero attached hydrogens (tertiary/aromatic N) is 2. The van der Waals surface area contributed by atoms with Gasteiger partial charge >= 0.3 is 0 Å². The van der Waals surface area contributed by atoms with Gasteiger partial charge in [0.2, 0.25) is 5.91 Å². The molecule has 43 heavy (non-hydrogen) atoms. The van der Waals surface area contributed by atoms with Crippen molar-refractivity contribution in [3.05, 3.63) is 94.1 Å². The van der Waals surface area contributed by atoms with Gasteiger partial charge in [-0.1, -0.05) is 79.1 Å². The van der Waals surface area contributed by atoms with Crippen molar-refractivity contribution >= 4 is 17.5 Å². The lowest BCUT2D eigenvalue weighted by atomic mass is 9.80. The molecule has 3 atom stereocenters. The molecule has 2 aliphatic heterocycles. The molecular formula is C36H48ClN3O3. The van der Waals surface area contributed by atoms with E-state index in [1.807, 2.05) is 50.3 Å². The Labute approximate surface area is 262 Å². The third-order valence-corrected chi connectivity index (χ3v) is 9.61. The summed E-state index contributed by atoms with van der Waals surface area (Å²) >= 11 is 6.14. The summed E-state index contributed by atoms with van der Waals surface area (Å²) in [6, 6.07) is 8.14. The first kappa shape index (κ1) is 31.9. The maximum absolute atomic E-state index is 13.7. The molecule has 0 aromatic heterocycles. The van der Waals surface area contributed by atoms with Crippen LogP contribution in [0.25, 0.3) is 0 Å². The third-order valence-electron chi connectivity index (χ3n) is 9.35. The van der Waals surface area contributed by atoms with Crippen molar-refractivity contribution in [3.8, 4) is 0 Å². The molecule has 5 rings (SSSR count). The molecule has 2 fully saturated rings. The SMILES string of the molecule is CC(C)(O)C1=CC2/C(=C/CCN3CC[C@H](N(Cc4ccc(Cl)cc4)C(=O)C4CCCC4)C3)C(/C=C\CN)=CCOC2C=C1. The second-order valence-electron chi connectivity index (χ2n) is 12.9. The van der Waals surface area contributed by atoms with Gasteiger partial charge in [-0.3, -0.25) is 4.79 Å². The van der Waals surface area contributed by atoms with Crippen molar-refractivity contribution in [2.24, 2.45) is 17.6 Å². The smallest absolute Gasteiger partial charge is 0.226 e. The monoisotopic (exact) mass is 605 g/mol. The Morgan fingerprint density at radius 1 is 1.21 bits per heavy atom. The van der Waals surface area contributed by atoms with Crippen molar-refractivity contribution in [2.75, 3.05) is 32.8 Å². The summed E-state index contributed by atoms with van der Waals surface area (Å²) in [6.45, 7) is 8.11. The third kappa shape index (κ3) is 8.17. The zero-order valence-electron chi connectivity index (χ0n) is 25.8. The molecule has 1 aromatic carbocycles. The maximum Gasteiger partial charge on any atom is 0.226 e. The van der Waals surface area contributed by atoms with Gasteiger partial charge < -0.3 is 25.4 Å². The Kier molecular flexibility index (Phi) is 10.8. The number of hydrogen-bond acceptors (Lipinski definition) is 5. The minimum absolute atomic E-state index is 0.0211. The number of halogens is 1. The summed E-state index contributed by atoms with van der Waals surface area (Å²) in [6.07, 6.45) is 21.0. The zero-order chi connectivity index (χ0) is 30.4. The molecule has 1 saturated heterocycles. The van der Waals surface area contributed by atoms with E-state index in [2.05, 4.69) is 40.2 Å². The molecule has 2 unspecified atom stereocenters. The van der Waals surface area contributed by atoms with Crippen molar-refractivity contribution in [3.63, 3.8) is 0 Å². The highest BCUT2D eigenvalue weighted by atomic mass is 35.5. The Balaban J connectivity index is 1.29. The number of rotatable bonds is 10. The summed E-state index contributed by atoms with van der Waals surface area (Å²) in [5.74, 6) is 0.509. The Bertz CT molecular complexity index is 1270. The van der Waals surface area contributed by atoms with E-state index in [9.17, 15) is 9.90 Å². The number of nitrogens with two attached hydrogens (primary N) is 1. The van der Waals surface area contributed by atoms with Gasteiger partial charge in [0.1, 0.15) is 0 Å². The van der Waals surface area contributed by atoms with Crippen LogP contribution < -0.4 is 5.73 Å². The number of carbonyl (C=O) groups excluding carboxylic acids is 1. The van der Waals surface area contributed by atoms with Gasteiger partial charge in [-0.15, -0.1) is 0 Å². The van der Waals surface area contributed by atoms with Crippen molar-refractivity contribution in [1.82, 2.24) is 9.80 Å². The molecular weight excluding hydrogens is 558 g/mol. The lowest BCUT2D eigenvalue weighted by molar-refractivity contribution is -0.138. The highest BCUT2D eigenvalue weighted by Crippen LogP contribution is 2.37. The highest BCUT2D eigenvalue weighted by molar-refractivity contribution is 6.30. The number of likely N-dealkylation sites (tertiary alicyclic amines) is 1. The molecule has 1 aromatic rings. The molecule has 4 aliphatic rings. The molecule has 7 heteroatoms. The fourth-order valence-corrected chi connectivity index (χ4v) is 7.05. The average Bonchev–Trinajstić information content (AvgIpc) is 3.66. The first-order chi connectivity index (χ1) is 20.7. The van der Waals surface area contributed by atoms with Gasteiger partial charge in [-0.2, -0.15) is 0 Å². The highest BCUT2D eigenvalue weighted by Gasteiger charge is 2.35. The molecule has 6 nitrogen and oxygen atoms in total. The maximum atomic E-state index is 13.7. The van der Waals surface area contributed by atoms with Crippen LogP contribution in [-0.4, -0.2) is 71.3 Å². The summed E-state index contributed by atoms with van der Waals surface area (Å²) in [5, 5.41) is 11.5. The minimum Gasteiger partial charge on any atom is -0.386 e. The molecule has 3 N–H and O–H groups in total. The summed E-state index contributed by atoms with van der Waals surface area (Å²) in [4.78, 5) is 18.4. The molecule has 0 radical (unpaired) electrons. The van der Waals surface area contributed by atoms with E-state index in [0.717, 1.165) is 79.9 Å². The summed E-state index contributed by atoms with van der Waals surface area (Å²) in [5.41, 5.74) is 9.28. The first-order valence-corrected chi connectivity index (χ1v) is 16.4. The molecule has 0 spiro atoms. The van der Waals surface area contributed by atoms with Crippen LogP contribution in [-0.2, 0) is 16.1 Å². The van der Waals surface area contributed by atoms with E-state index in [-0.39, 0.29) is 24.0 Å². The Morgan fingerprint density at radius 2 is 1.98 bits per heavy atom. The van der Waals surface area contributed by atoms with E-state index < -0.39 is 5.60 Å². The van der Waals surface area contributed by atoms with Crippen LogP contribution in [0.5, 0.6) is 0 Å². The predicted molar refractivity (Wildman–Crippen MR) is 175 cm³/mol. The van der Waals surface area contributed by atoms with Gasteiger partial charge in [-0.05, 0) is 73.9 Å². The number of amides is 1. The van der Waals surface area contributed by atoms with E-state index >= 15 is 0 Å². The van der Waals surface area contributed by atoms with Crippen molar-refractivity contribution in [2.45, 2.75) is 76.7 Å². The normalized spacial score (nSPS) is 26.1. The van der Waals surface area contributed by atoms with Crippen molar-refractivity contribution in [1.29, 1.82) is 0 Å². The lowest BCUT2D eigenvalue weighted by Crippen LogP contribution is -2.44. The van der Waals surface area contributed by atoms with E-state index in [4.69, 9.17) is 22.1 Å². The van der Waals surface area contributed by atoms with Gasteiger partial charge in [0.15, 0.2) is 0 Å². The van der Waals surface area contributed by atoms with Crippen molar-refractivity contribution < 1.29 is 14.6 Å². The van der Waals surface area contributed by atoms with Gasteiger partial charge in [0.25, 0.3) is 0 Å². The molecule has 0 bridgehead atoms. The molecule has 232 valence electrons. The largest absolute Gasteiger partial charge is 0.386 e. The number of carbonyl (C=O) groups is 1. The van der Waals surface area contributed by atoms with Crippen LogP contribution >= 0.6 is 11.6 Å². The Hall–Kier alpha value is -2.48. The second kappa shape index (κ2) is 14.5. The van der Waals surface area contributed by atoms with Gasteiger partial charge in [0, 0.05) is 55.6 Å². The topological polar surface area (TPSA) is 79.0 Å². The number of hydrogen-bond donors (Lipinski definition) is 2. The van der Waals surface area contributed by atoms with Crippen LogP contribution in [0.4, 0.5) is 0 Å². The zero-order valence-corrected chi connectivity index (χ0v) is 26.5. The quantitative estimate of drug-likeness (QED) is 0.343. The first-order valence-electron chi connectivity index (χ1n) is 16.0. The number of fused-ring (bicyclic) bond motifs is 1. The fraction of sp³-hybridized carbons (Fsp3) is 0.528.